The number of nitrogens with two attached hydrogens (primary N) is 1. The largest absolute Gasteiger partial charge is 0.330 e. The average molecular weight is 282 g/mol. The lowest BCUT2D eigenvalue weighted by Crippen LogP contribution is -1.90. The molecule has 2 nitrogen and oxygen atoms in total. The van der Waals surface area contributed by atoms with Crippen molar-refractivity contribution in [2.24, 2.45) is 5.73 Å². The molecule has 0 saturated heterocycles. The Bertz CT molecular complexity index is 465. The summed E-state index contributed by atoms with van der Waals surface area (Å²) in [6, 6.07) is 12.7. The van der Waals surface area contributed by atoms with Gasteiger partial charge in [0.2, 0.25) is 0 Å². The van der Waals surface area contributed by atoms with E-state index in [2.05, 4.69) is 41.1 Å². The van der Waals surface area contributed by atoms with Crippen molar-refractivity contribution in [3.63, 3.8) is 0 Å². The Morgan fingerprint density at radius 2 is 1.94 bits per heavy atom. The normalized spacial score (nSPS) is 10.5. The van der Waals surface area contributed by atoms with E-state index in [1.54, 1.807) is 35.0 Å². The van der Waals surface area contributed by atoms with Gasteiger partial charge in [-0.25, -0.2) is 0 Å². The van der Waals surface area contributed by atoms with E-state index >= 15 is 0 Å². The zero-order valence-electron chi connectivity index (χ0n) is 9.47. The Balaban J connectivity index is 2.03. The van der Waals surface area contributed by atoms with Crippen molar-refractivity contribution in [3.8, 4) is 0 Å². The van der Waals surface area contributed by atoms with Crippen LogP contribution in [0.1, 0.15) is 4.88 Å². The molecule has 0 spiro atoms. The zero-order valence-corrected chi connectivity index (χ0v) is 11.9. The number of anilines is 1. The molecule has 0 fully saturated rings. The molecule has 2 rings (SSSR count). The lowest BCUT2D eigenvalue weighted by atomic mass is 10.3. The smallest absolute Gasteiger partial charge is 0.0649 e. The van der Waals surface area contributed by atoms with Crippen molar-refractivity contribution in [1.82, 2.24) is 0 Å². The van der Waals surface area contributed by atoms with Gasteiger partial charge in [0.15, 0.2) is 0 Å². The van der Waals surface area contributed by atoms with Gasteiger partial charge >= 0.3 is 0 Å². The van der Waals surface area contributed by atoms with Gasteiger partial charge in [-0.2, -0.15) is 0 Å². The lowest BCUT2D eigenvalue weighted by molar-refractivity contribution is 1.11. The molecule has 1 heterocycles. The molecule has 0 atom stereocenters. The summed E-state index contributed by atoms with van der Waals surface area (Å²) in [6.07, 6.45) is 2.02. The van der Waals surface area contributed by atoms with Crippen LogP contribution in [0.25, 0.3) is 0 Å². The predicted molar refractivity (Wildman–Crippen MR) is 79.9 cm³/mol. The first-order valence-electron chi connectivity index (χ1n) is 5.17. The van der Waals surface area contributed by atoms with Crippen LogP contribution in [0.3, 0.4) is 0 Å². The molecule has 0 aliphatic rings. The van der Waals surface area contributed by atoms with Crippen LogP contribution >= 0.6 is 35.0 Å². The second kappa shape index (κ2) is 6.35. The summed E-state index contributed by atoms with van der Waals surface area (Å²) in [5.74, 6) is 0. The molecule has 2 aromatic rings. The van der Waals surface area contributed by atoms with Crippen LogP contribution < -0.4 is 10.5 Å². The van der Waals surface area contributed by atoms with E-state index in [1.807, 2.05) is 6.26 Å². The molecule has 0 saturated carbocycles. The van der Waals surface area contributed by atoms with Crippen molar-refractivity contribution in [2.45, 2.75) is 15.6 Å². The van der Waals surface area contributed by atoms with E-state index in [9.17, 15) is 0 Å². The van der Waals surface area contributed by atoms with Crippen LogP contribution in [0.4, 0.5) is 5.69 Å². The van der Waals surface area contributed by atoms with Gasteiger partial charge in [0.1, 0.15) is 0 Å². The summed E-state index contributed by atoms with van der Waals surface area (Å²) in [5.41, 5.74) is 6.74. The number of hydrogen-bond donors (Lipinski definition) is 2. The minimum atomic E-state index is 0.627. The third-order valence-electron chi connectivity index (χ3n) is 2.13. The molecule has 0 amide bonds. The topological polar surface area (TPSA) is 38.0 Å². The molecule has 0 radical (unpaired) electrons. The molecular formula is C12H14N2S3. The molecule has 90 valence electrons. The zero-order chi connectivity index (χ0) is 12.1. The number of hydrogen-bond acceptors (Lipinski definition) is 5. The van der Waals surface area contributed by atoms with Gasteiger partial charge in [0.05, 0.1) is 4.21 Å². The van der Waals surface area contributed by atoms with Crippen LogP contribution in [0, 0.1) is 0 Å². The Labute approximate surface area is 114 Å². The van der Waals surface area contributed by atoms with E-state index in [4.69, 9.17) is 5.73 Å². The summed E-state index contributed by atoms with van der Waals surface area (Å²) < 4.78 is 4.49. The fraction of sp³-hybridized carbons (Fsp3) is 0.167. The predicted octanol–water partition coefficient (Wildman–Crippen LogP) is 4.05. The van der Waals surface area contributed by atoms with Crippen LogP contribution in [-0.4, -0.2) is 6.26 Å². The molecule has 1 aromatic carbocycles. The second-order valence-corrected chi connectivity index (χ2v) is 6.51. The molecule has 1 aromatic heterocycles. The maximum atomic E-state index is 5.60. The van der Waals surface area contributed by atoms with Gasteiger partial charge in [0.25, 0.3) is 0 Å². The maximum absolute atomic E-state index is 5.60. The Morgan fingerprint density at radius 1 is 1.18 bits per heavy atom. The van der Waals surface area contributed by atoms with Gasteiger partial charge in [-0.1, -0.05) is 23.7 Å². The summed E-state index contributed by atoms with van der Waals surface area (Å²) in [4.78, 5) is 2.48. The van der Waals surface area contributed by atoms with Crippen LogP contribution in [0.15, 0.2) is 45.5 Å². The fourth-order valence-corrected chi connectivity index (χ4v) is 3.75. The minimum Gasteiger partial charge on any atom is -0.330 e. The second-order valence-electron chi connectivity index (χ2n) is 3.36. The van der Waals surface area contributed by atoms with Crippen molar-refractivity contribution < 1.29 is 0 Å². The highest BCUT2D eigenvalue weighted by Crippen LogP contribution is 2.33. The lowest BCUT2D eigenvalue weighted by Gasteiger charge is -2.03. The van der Waals surface area contributed by atoms with Gasteiger partial charge in [-0.05, 0) is 36.4 Å². The highest BCUT2D eigenvalue weighted by molar-refractivity contribution is 8.01. The SMILES string of the molecule is CSNc1ccc(Sc2ccc(CN)s2)cc1. The molecular weight excluding hydrogens is 268 g/mol. The van der Waals surface area contributed by atoms with Gasteiger partial charge in [-0.3, -0.25) is 0 Å². The third-order valence-corrected chi connectivity index (χ3v) is 4.82. The molecule has 5 heteroatoms. The Kier molecular flexibility index (Phi) is 4.79. The van der Waals surface area contributed by atoms with Crippen LogP contribution in [0.5, 0.6) is 0 Å². The van der Waals surface area contributed by atoms with E-state index in [0.29, 0.717) is 6.54 Å². The molecule has 0 unspecified atom stereocenters. The highest BCUT2D eigenvalue weighted by Gasteiger charge is 2.01. The summed E-state index contributed by atoms with van der Waals surface area (Å²) in [7, 11) is 0. The van der Waals surface area contributed by atoms with Crippen LogP contribution in [0.2, 0.25) is 0 Å². The summed E-state index contributed by atoms with van der Waals surface area (Å²) in [5, 5.41) is 0. The average Bonchev–Trinajstić information content (AvgIpc) is 2.80. The monoisotopic (exact) mass is 282 g/mol. The van der Waals surface area contributed by atoms with Crippen molar-refractivity contribution in [3.05, 3.63) is 41.3 Å². The minimum absolute atomic E-state index is 0.627. The summed E-state index contributed by atoms with van der Waals surface area (Å²) >= 11 is 5.14. The molecule has 0 aliphatic heterocycles. The summed E-state index contributed by atoms with van der Waals surface area (Å²) in [6.45, 7) is 0.627. The molecule has 0 aliphatic carbocycles. The van der Waals surface area contributed by atoms with Gasteiger partial charge < -0.3 is 10.5 Å². The van der Waals surface area contributed by atoms with E-state index in [1.165, 1.54) is 14.0 Å². The van der Waals surface area contributed by atoms with E-state index < -0.39 is 0 Å². The number of benzene rings is 1. The first kappa shape index (κ1) is 12.8. The number of thiophene rings is 1. The molecule has 0 bridgehead atoms. The first-order valence-corrected chi connectivity index (χ1v) is 8.03. The third kappa shape index (κ3) is 3.67. The van der Waals surface area contributed by atoms with Crippen molar-refractivity contribution >= 4 is 40.7 Å². The number of nitrogens with one attached hydrogen (secondary N) is 1. The highest BCUT2D eigenvalue weighted by atomic mass is 32.2. The fourth-order valence-electron chi connectivity index (χ4n) is 1.35. The van der Waals surface area contributed by atoms with Crippen molar-refractivity contribution in [2.75, 3.05) is 11.0 Å². The van der Waals surface area contributed by atoms with Gasteiger partial charge in [0, 0.05) is 28.3 Å². The maximum Gasteiger partial charge on any atom is 0.0649 e. The molecule has 3 N–H and O–H groups in total. The van der Waals surface area contributed by atoms with Crippen LogP contribution in [-0.2, 0) is 6.54 Å². The number of rotatable bonds is 5. The standard InChI is InChI=1S/C12H14N2S3/c1-15-14-9-2-4-10(5-3-9)16-12-7-6-11(8-13)17-12/h2-7,14H,8,13H2,1H3. The quantitative estimate of drug-likeness (QED) is 0.812. The van der Waals surface area contributed by atoms with Crippen molar-refractivity contribution in [1.29, 1.82) is 0 Å². The van der Waals surface area contributed by atoms with Gasteiger partial charge in [-0.15, -0.1) is 11.3 Å². The first-order chi connectivity index (χ1) is 8.31. The Morgan fingerprint density at radius 3 is 2.53 bits per heavy atom. The van der Waals surface area contributed by atoms with E-state index in [-0.39, 0.29) is 0 Å². The van der Waals surface area contributed by atoms with E-state index in [0.717, 1.165) is 5.69 Å². The Hall–Kier alpha value is -0.620. The molecule has 17 heavy (non-hydrogen) atoms.